The van der Waals surface area contributed by atoms with E-state index >= 15 is 0 Å². The van der Waals surface area contributed by atoms with Crippen LogP contribution in [0.2, 0.25) is 0 Å². The lowest BCUT2D eigenvalue weighted by molar-refractivity contribution is 0.0386. The van der Waals surface area contributed by atoms with Crippen LogP contribution in [0.5, 0.6) is 0 Å². The topological polar surface area (TPSA) is 82.3 Å². The van der Waals surface area contributed by atoms with E-state index in [0.29, 0.717) is 18.3 Å². The predicted molar refractivity (Wildman–Crippen MR) is 126 cm³/mol. The minimum Gasteiger partial charge on any atom is -0.466 e. The Balaban J connectivity index is 0.00000300. The Morgan fingerprint density at radius 2 is 1.93 bits per heavy atom. The van der Waals surface area contributed by atoms with Crippen molar-refractivity contribution in [3.05, 3.63) is 54.0 Å². The first kappa shape index (κ1) is 23.5. The molecule has 0 radical (unpaired) electrons. The smallest absolute Gasteiger partial charge is 0.191 e. The molecule has 2 heterocycles. The predicted octanol–water partition coefficient (Wildman–Crippen LogP) is 2.70. The fourth-order valence-electron chi connectivity index (χ4n) is 3.19. The number of para-hydroxylation sites is 1. The molecule has 0 saturated carbocycles. The Bertz CT molecular complexity index is 759. The van der Waals surface area contributed by atoms with Crippen molar-refractivity contribution in [1.82, 2.24) is 10.6 Å². The third-order valence-corrected chi connectivity index (χ3v) is 4.75. The number of anilines is 1. The number of ether oxygens (including phenoxy) is 1. The summed E-state index contributed by atoms with van der Waals surface area (Å²) in [5.74, 6) is 1.18. The molecular formula is C21H31IN4O3. The van der Waals surface area contributed by atoms with Gasteiger partial charge in [0.2, 0.25) is 0 Å². The number of nitrogens with one attached hydrogen (secondary N) is 2. The van der Waals surface area contributed by atoms with Crippen molar-refractivity contribution >= 4 is 35.6 Å². The molecule has 1 aromatic heterocycles. The minimum absolute atomic E-state index is 0. The zero-order valence-corrected chi connectivity index (χ0v) is 19.4. The normalized spacial score (nSPS) is 16.7. The Morgan fingerprint density at radius 3 is 2.62 bits per heavy atom. The largest absolute Gasteiger partial charge is 0.466 e. The van der Waals surface area contributed by atoms with Gasteiger partial charge in [-0.3, -0.25) is 0 Å². The van der Waals surface area contributed by atoms with Crippen LogP contribution in [0.15, 0.2) is 52.1 Å². The maximum atomic E-state index is 10.6. The van der Waals surface area contributed by atoms with Gasteiger partial charge >= 0.3 is 0 Å². The number of morpholine rings is 1. The van der Waals surface area contributed by atoms with Crippen LogP contribution in [0.4, 0.5) is 5.69 Å². The van der Waals surface area contributed by atoms with Crippen LogP contribution in [0.1, 0.15) is 25.2 Å². The van der Waals surface area contributed by atoms with Gasteiger partial charge in [-0.2, -0.15) is 0 Å². The summed E-state index contributed by atoms with van der Waals surface area (Å²) in [5, 5.41) is 17.1. The number of aliphatic imine (C=N–C) groups is 1. The van der Waals surface area contributed by atoms with Crippen molar-refractivity contribution < 1.29 is 14.3 Å². The lowest BCUT2D eigenvalue weighted by Gasteiger charge is -2.30. The highest BCUT2D eigenvalue weighted by Gasteiger charge is 2.26. The highest BCUT2D eigenvalue weighted by Crippen LogP contribution is 2.22. The van der Waals surface area contributed by atoms with Gasteiger partial charge < -0.3 is 29.8 Å². The van der Waals surface area contributed by atoms with E-state index in [4.69, 9.17) is 14.1 Å². The summed E-state index contributed by atoms with van der Waals surface area (Å²) in [6, 6.07) is 11.9. The van der Waals surface area contributed by atoms with Crippen LogP contribution < -0.4 is 15.5 Å². The molecule has 0 bridgehead atoms. The van der Waals surface area contributed by atoms with Gasteiger partial charge in [-0.05, 0) is 37.6 Å². The van der Waals surface area contributed by atoms with Crippen LogP contribution in [0, 0.1) is 0 Å². The van der Waals surface area contributed by atoms with E-state index in [0.717, 1.165) is 32.8 Å². The Labute approximate surface area is 189 Å². The van der Waals surface area contributed by atoms with E-state index in [2.05, 4.69) is 33.7 Å². The zero-order valence-electron chi connectivity index (χ0n) is 17.1. The molecule has 3 rings (SSSR count). The summed E-state index contributed by atoms with van der Waals surface area (Å²) in [4.78, 5) is 7.06. The number of hydrogen-bond acceptors (Lipinski definition) is 5. The Kier molecular flexibility index (Phi) is 9.25. The molecule has 1 aliphatic heterocycles. The van der Waals surface area contributed by atoms with Gasteiger partial charge in [0.15, 0.2) is 5.96 Å². The van der Waals surface area contributed by atoms with Gasteiger partial charge in [0.25, 0.3) is 0 Å². The average Bonchev–Trinajstić information content (AvgIpc) is 3.27. The van der Waals surface area contributed by atoms with E-state index in [9.17, 15) is 5.11 Å². The molecule has 1 aromatic carbocycles. The first-order valence-electron chi connectivity index (χ1n) is 9.79. The summed E-state index contributed by atoms with van der Waals surface area (Å²) >= 11 is 0. The second-order valence-corrected chi connectivity index (χ2v) is 7.03. The maximum absolute atomic E-state index is 10.6. The molecule has 29 heavy (non-hydrogen) atoms. The van der Waals surface area contributed by atoms with Gasteiger partial charge in [0.05, 0.1) is 32.6 Å². The quantitative estimate of drug-likeness (QED) is 0.300. The number of guanidine groups is 1. The van der Waals surface area contributed by atoms with Crippen molar-refractivity contribution in [2.75, 3.05) is 44.3 Å². The van der Waals surface area contributed by atoms with E-state index < -0.39 is 5.60 Å². The monoisotopic (exact) mass is 514 g/mol. The number of rotatable bonds is 7. The van der Waals surface area contributed by atoms with Crippen molar-refractivity contribution in [2.45, 2.75) is 26.0 Å². The number of aliphatic hydroxyl groups is 1. The van der Waals surface area contributed by atoms with E-state index in [1.54, 1.807) is 25.3 Å². The van der Waals surface area contributed by atoms with Gasteiger partial charge in [0.1, 0.15) is 11.4 Å². The molecule has 1 saturated heterocycles. The lowest BCUT2D eigenvalue weighted by atomic mass is 10.0. The lowest BCUT2D eigenvalue weighted by Crippen LogP contribution is -2.44. The third kappa shape index (κ3) is 6.61. The first-order chi connectivity index (χ1) is 13.6. The Hall–Kier alpha value is -1.78. The van der Waals surface area contributed by atoms with E-state index in [1.165, 1.54) is 11.3 Å². The summed E-state index contributed by atoms with van der Waals surface area (Å²) in [6.07, 6.45) is 1.56. The molecule has 1 unspecified atom stereocenters. The fraction of sp³-hybridized carbons (Fsp3) is 0.476. The molecular weight excluding hydrogens is 483 g/mol. The molecule has 1 fully saturated rings. The van der Waals surface area contributed by atoms with Crippen LogP contribution in [-0.2, 0) is 16.9 Å². The summed E-state index contributed by atoms with van der Waals surface area (Å²) in [5.41, 5.74) is 1.25. The minimum atomic E-state index is -1.12. The molecule has 8 heteroatoms. The summed E-state index contributed by atoms with van der Waals surface area (Å²) < 4.78 is 10.8. The highest BCUT2D eigenvalue weighted by molar-refractivity contribution is 14.0. The third-order valence-electron chi connectivity index (χ3n) is 4.75. The van der Waals surface area contributed by atoms with Gasteiger partial charge in [-0.1, -0.05) is 18.2 Å². The van der Waals surface area contributed by atoms with Crippen molar-refractivity contribution in [2.24, 2.45) is 4.99 Å². The molecule has 2 aromatic rings. The SMILES string of the molecule is CCNC(=NCc1ccccc1N1CCOCC1)NCC(C)(O)c1ccco1.I. The average molecular weight is 514 g/mol. The summed E-state index contributed by atoms with van der Waals surface area (Å²) in [6.45, 7) is 8.60. The van der Waals surface area contributed by atoms with Crippen molar-refractivity contribution in [3.8, 4) is 0 Å². The number of furan rings is 1. The molecule has 0 amide bonds. The zero-order chi connectivity index (χ0) is 19.8. The number of benzene rings is 1. The second-order valence-electron chi connectivity index (χ2n) is 7.03. The van der Waals surface area contributed by atoms with Gasteiger partial charge in [-0.25, -0.2) is 4.99 Å². The van der Waals surface area contributed by atoms with Crippen LogP contribution in [-0.4, -0.2) is 50.5 Å². The van der Waals surface area contributed by atoms with Crippen molar-refractivity contribution in [1.29, 1.82) is 0 Å². The van der Waals surface area contributed by atoms with Gasteiger partial charge in [-0.15, -0.1) is 24.0 Å². The van der Waals surface area contributed by atoms with Gasteiger partial charge in [0, 0.05) is 25.3 Å². The van der Waals surface area contributed by atoms with E-state index in [-0.39, 0.29) is 30.5 Å². The highest BCUT2D eigenvalue weighted by atomic mass is 127. The van der Waals surface area contributed by atoms with Crippen LogP contribution >= 0.6 is 24.0 Å². The molecule has 1 atom stereocenters. The van der Waals surface area contributed by atoms with E-state index in [1.807, 2.05) is 13.0 Å². The molecule has 1 aliphatic rings. The first-order valence-corrected chi connectivity index (χ1v) is 9.79. The molecule has 0 spiro atoms. The second kappa shape index (κ2) is 11.4. The molecule has 0 aliphatic carbocycles. The summed E-state index contributed by atoms with van der Waals surface area (Å²) in [7, 11) is 0. The van der Waals surface area contributed by atoms with Crippen LogP contribution in [0.3, 0.4) is 0 Å². The standard InChI is InChI=1S/C21H30N4O3.HI/c1-3-22-20(24-16-21(2,26)19-9-6-12-28-19)23-15-17-7-4-5-8-18(17)25-10-13-27-14-11-25;/h4-9,12,26H,3,10-11,13-16H2,1-2H3,(H2,22,23,24);1H. The van der Waals surface area contributed by atoms with Crippen molar-refractivity contribution in [3.63, 3.8) is 0 Å². The number of nitrogens with zero attached hydrogens (tertiary/aromatic N) is 2. The maximum Gasteiger partial charge on any atom is 0.191 e. The Morgan fingerprint density at radius 1 is 1.17 bits per heavy atom. The molecule has 7 nitrogen and oxygen atoms in total. The number of halogens is 1. The number of hydrogen-bond donors (Lipinski definition) is 3. The van der Waals surface area contributed by atoms with Crippen LogP contribution in [0.25, 0.3) is 0 Å². The molecule has 3 N–H and O–H groups in total. The molecule has 160 valence electrons. The fourth-order valence-corrected chi connectivity index (χ4v) is 3.19.